The van der Waals surface area contributed by atoms with Gasteiger partial charge in [-0.1, -0.05) is 0 Å². The molecule has 16 heavy (non-hydrogen) atoms. The molecule has 1 aromatic rings. The molecule has 4 heteroatoms. The number of amides is 1. The molecule has 0 bridgehead atoms. The molecule has 0 aromatic heterocycles. The van der Waals surface area contributed by atoms with Crippen LogP contribution in [-0.4, -0.2) is 11.7 Å². The molecule has 0 heterocycles. The van der Waals surface area contributed by atoms with Gasteiger partial charge < -0.3 is 5.32 Å². The summed E-state index contributed by atoms with van der Waals surface area (Å²) in [4.78, 5) is 22.7. The van der Waals surface area contributed by atoms with Gasteiger partial charge in [0.15, 0.2) is 5.78 Å². The van der Waals surface area contributed by atoms with Crippen molar-refractivity contribution in [2.45, 2.75) is 26.2 Å². The highest BCUT2D eigenvalue weighted by molar-refractivity contribution is 6.06. The maximum atomic E-state index is 13.3. The van der Waals surface area contributed by atoms with Crippen molar-refractivity contribution in [3.63, 3.8) is 0 Å². The van der Waals surface area contributed by atoms with Gasteiger partial charge in [-0.05, 0) is 30.5 Å². The maximum absolute atomic E-state index is 13.3. The Morgan fingerprint density at radius 1 is 1.38 bits per heavy atom. The van der Waals surface area contributed by atoms with Crippen LogP contribution in [0.5, 0.6) is 0 Å². The van der Waals surface area contributed by atoms with Crippen LogP contribution in [0.15, 0.2) is 12.1 Å². The fourth-order valence-corrected chi connectivity index (χ4v) is 2.04. The third kappa shape index (κ3) is 1.96. The normalized spacial score (nSPS) is 14.5. The number of anilines is 1. The minimum absolute atomic E-state index is 0.0231. The molecule has 1 aliphatic carbocycles. The Labute approximate surface area is 92.7 Å². The number of hydrogen-bond donors (Lipinski definition) is 1. The number of carbonyl (C=O) groups excluding carboxylic acids is 2. The Morgan fingerprint density at radius 2 is 2.12 bits per heavy atom. The molecule has 0 radical (unpaired) electrons. The van der Waals surface area contributed by atoms with E-state index in [1.807, 2.05) is 0 Å². The highest BCUT2D eigenvalue weighted by Crippen LogP contribution is 2.29. The Balaban J connectivity index is 2.54. The zero-order valence-corrected chi connectivity index (χ0v) is 8.97. The summed E-state index contributed by atoms with van der Waals surface area (Å²) >= 11 is 0. The van der Waals surface area contributed by atoms with E-state index >= 15 is 0 Å². The summed E-state index contributed by atoms with van der Waals surface area (Å²) in [5.74, 6) is -0.742. The smallest absolute Gasteiger partial charge is 0.221 e. The molecular formula is C12H12FNO2. The number of nitrogens with one attached hydrogen (secondary N) is 1. The predicted octanol–water partition coefficient (Wildman–Crippen LogP) is 2.30. The molecule has 1 aliphatic rings. The molecule has 1 amide bonds. The topological polar surface area (TPSA) is 46.2 Å². The van der Waals surface area contributed by atoms with Gasteiger partial charge in [-0.15, -0.1) is 0 Å². The number of carbonyl (C=O) groups is 2. The average Bonchev–Trinajstić information content (AvgIpc) is 2.15. The van der Waals surface area contributed by atoms with E-state index < -0.39 is 5.82 Å². The molecule has 0 atom stereocenters. The third-order valence-corrected chi connectivity index (χ3v) is 2.62. The number of benzene rings is 1. The van der Waals surface area contributed by atoms with Gasteiger partial charge in [-0.3, -0.25) is 9.59 Å². The van der Waals surface area contributed by atoms with Crippen LogP contribution in [-0.2, 0) is 11.2 Å². The van der Waals surface area contributed by atoms with Crippen LogP contribution in [0.2, 0.25) is 0 Å². The summed E-state index contributed by atoms with van der Waals surface area (Å²) < 4.78 is 13.3. The molecule has 0 saturated heterocycles. The second-order valence-corrected chi connectivity index (χ2v) is 3.95. The predicted molar refractivity (Wildman–Crippen MR) is 58.0 cm³/mol. The molecule has 0 aliphatic heterocycles. The maximum Gasteiger partial charge on any atom is 0.221 e. The van der Waals surface area contributed by atoms with Crippen LogP contribution in [0.25, 0.3) is 0 Å². The molecule has 3 nitrogen and oxygen atoms in total. The molecule has 0 saturated carbocycles. The van der Waals surface area contributed by atoms with E-state index in [2.05, 4.69) is 5.32 Å². The van der Waals surface area contributed by atoms with Gasteiger partial charge in [0.25, 0.3) is 0 Å². The van der Waals surface area contributed by atoms with Crippen LogP contribution >= 0.6 is 0 Å². The van der Waals surface area contributed by atoms with Crippen LogP contribution in [0.1, 0.15) is 35.7 Å². The number of hydrogen-bond acceptors (Lipinski definition) is 2. The van der Waals surface area contributed by atoms with Crippen molar-refractivity contribution >= 4 is 17.4 Å². The highest BCUT2D eigenvalue weighted by atomic mass is 19.1. The van der Waals surface area contributed by atoms with Crippen LogP contribution in [0.4, 0.5) is 10.1 Å². The van der Waals surface area contributed by atoms with Gasteiger partial charge in [0.05, 0.1) is 5.69 Å². The van der Waals surface area contributed by atoms with E-state index in [1.54, 1.807) is 0 Å². The lowest BCUT2D eigenvalue weighted by Gasteiger charge is -2.18. The number of ketones is 1. The lowest BCUT2D eigenvalue weighted by atomic mass is 9.89. The zero-order valence-electron chi connectivity index (χ0n) is 8.97. The van der Waals surface area contributed by atoms with E-state index in [-0.39, 0.29) is 11.7 Å². The van der Waals surface area contributed by atoms with Crippen molar-refractivity contribution < 1.29 is 14.0 Å². The Bertz CT molecular complexity index is 468. The van der Waals surface area contributed by atoms with Crippen LogP contribution < -0.4 is 5.32 Å². The number of rotatable bonds is 1. The van der Waals surface area contributed by atoms with E-state index in [0.717, 1.165) is 6.42 Å². The van der Waals surface area contributed by atoms with E-state index in [1.165, 1.54) is 19.1 Å². The summed E-state index contributed by atoms with van der Waals surface area (Å²) in [6, 6.07) is 2.57. The molecule has 0 unspecified atom stereocenters. The first-order chi connectivity index (χ1) is 7.58. The minimum atomic E-state index is -0.419. The minimum Gasteiger partial charge on any atom is -0.326 e. The zero-order chi connectivity index (χ0) is 11.7. The van der Waals surface area contributed by atoms with Crippen molar-refractivity contribution in [1.29, 1.82) is 0 Å². The summed E-state index contributed by atoms with van der Waals surface area (Å²) in [7, 11) is 0. The SMILES string of the molecule is CC(=O)Nc1cc(F)cc2c1C(=O)CCC2. The molecule has 84 valence electrons. The van der Waals surface area contributed by atoms with Gasteiger partial charge in [-0.2, -0.15) is 0 Å². The first-order valence-corrected chi connectivity index (χ1v) is 5.21. The first-order valence-electron chi connectivity index (χ1n) is 5.21. The Morgan fingerprint density at radius 3 is 2.81 bits per heavy atom. The summed E-state index contributed by atoms with van der Waals surface area (Å²) in [6.07, 6.45) is 1.89. The highest BCUT2D eigenvalue weighted by Gasteiger charge is 2.22. The standard InChI is InChI=1S/C12H12FNO2/c1-7(15)14-10-6-9(13)5-8-3-2-4-11(16)12(8)10/h5-6H,2-4H2,1H3,(H,14,15). The lowest BCUT2D eigenvalue weighted by Crippen LogP contribution is -2.17. The van der Waals surface area contributed by atoms with E-state index in [9.17, 15) is 14.0 Å². The summed E-state index contributed by atoms with van der Waals surface area (Å²) in [5.41, 5.74) is 1.47. The fourth-order valence-electron chi connectivity index (χ4n) is 2.04. The molecule has 0 fully saturated rings. The largest absolute Gasteiger partial charge is 0.326 e. The van der Waals surface area contributed by atoms with Crippen molar-refractivity contribution in [2.75, 3.05) is 5.32 Å². The van der Waals surface area contributed by atoms with Crippen molar-refractivity contribution in [2.24, 2.45) is 0 Å². The Kier molecular flexibility index (Phi) is 2.73. The molecule has 1 N–H and O–H groups in total. The van der Waals surface area contributed by atoms with Gasteiger partial charge in [-0.25, -0.2) is 4.39 Å². The monoisotopic (exact) mass is 221 g/mol. The average molecular weight is 221 g/mol. The molecular weight excluding hydrogens is 209 g/mol. The number of halogens is 1. The quantitative estimate of drug-likeness (QED) is 0.790. The fraction of sp³-hybridized carbons (Fsp3) is 0.333. The molecule has 1 aromatic carbocycles. The van der Waals surface area contributed by atoms with Gasteiger partial charge >= 0.3 is 0 Å². The van der Waals surface area contributed by atoms with Gasteiger partial charge in [0.1, 0.15) is 5.82 Å². The second kappa shape index (κ2) is 4.04. The number of Topliss-reactive ketones (excluding diaryl/α,β-unsaturated/α-hetero) is 1. The summed E-state index contributed by atoms with van der Waals surface area (Å²) in [5, 5.41) is 2.50. The van der Waals surface area contributed by atoms with Crippen molar-refractivity contribution in [3.05, 3.63) is 29.1 Å². The van der Waals surface area contributed by atoms with Gasteiger partial charge in [0.2, 0.25) is 5.91 Å². The van der Waals surface area contributed by atoms with Crippen LogP contribution in [0, 0.1) is 5.82 Å². The van der Waals surface area contributed by atoms with Crippen molar-refractivity contribution in [3.8, 4) is 0 Å². The van der Waals surface area contributed by atoms with E-state index in [0.29, 0.717) is 29.7 Å². The molecule has 2 rings (SSSR count). The third-order valence-electron chi connectivity index (χ3n) is 2.62. The summed E-state index contributed by atoms with van der Waals surface area (Å²) in [6.45, 7) is 1.34. The second-order valence-electron chi connectivity index (χ2n) is 3.95. The molecule has 0 spiro atoms. The van der Waals surface area contributed by atoms with Crippen LogP contribution in [0.3, 0.4) is 0 Å². The van der Waals surface area contributed by atoms with Gasteiger partial charge in [0, 0.05) is 18.9 Å². The Hall–Kier alpha value is -1.71. The first kappa shape index (κ1) is 10.8. The number of aryl methyl sites for hydroxylation is 1. The van der Waals surface area contributed by atoms with E-state index in [4.69, 9.17) is 0 Å². The lowest BCUT2D eigenvalue weighted by molar-refractivity contribution is -0.114. The number of fused-ring (bicyclic) bond motifs is 1. The van der Waals surface area contributed by atoms with Crippen molar-refractivity contribution in [1.82, 2.24) is 0 Å².